The summed E-state index contributed by atoms with van der Waals surface area (Å²) in [4.78, 5) is 9.72. The summed E-state index contributed by atoms with van der Waals surface area (Å²) in [5.74, 6) is 0.801. The predicted molar refractivity (Wildman–Crippen MR) is 133 cm³/mol. The van der Waals surface area contributed by atoms with Crippen LogP contribution in [0.3, 0.4) is 0 Å². The van der Waals surface area contributed by atoms with E-state index in [1.54, 1.807) is 25.0 Å². The number of hydrogen-bond acceptors (Lipinski definition) is 3. The topological polar surface area (TPSA) is 54.2 Å². The molecule has 0 saturated heterocycles. The van der Waals surface area contributed by atoms with Crippen LogP contribution in [-0.4, -0.2) is 28.8 Å². The van der Waals surface area contributed by atoms with Gasteiger partial charge in [0.1, 0.15) is 0 Å². The van der Waals surface area contributed by atoms with Gasteiger partial charge in [0.15, 0.2) is 5.96 Å². The maximum absolute atomic E-state index is 4.34. The van der Waals surface area contributed by atoms with Crippen LogP contribution in [0.2, 0.25) is 0 Å². The molecule has 0 radical (unpaired) electrons. The molecular weight excluding hydrogens is 493 g/mol. The first-order chi connectivity index (χ1) is 13.7. The molecule has 0 amide bonds. The molecule has 2 aromatic carbocycles. The summed E-state index contributed by atoms with van der Waals surface area (Å²) in [6, 6.07) is 15.2. The molecule has 0 saturated carbocycles. The standard InChI is InChI=1S/C22H27N5S.HI/c1-17-4-9-20(21(12-17)28-3)14-26-22(23-2)25-13-18-5-7-19(8-6-18)15-27-11-10-24-16-27;/h4-12,16H,13-15H2,1-3H3,(H2,23,25,26);1H. The van der Waals surface area contributed by atoms with Gasteiger partial charge in [-0.3, -0.25) is 4.99 Å². The molecule has 5 nitrogen and oxygen atoms in total. The van der Waals surface area contributed by atoms with Gasteiger partial charge in [0, 0.05) is 44.0 Å². The van der Waals surface area contributed by atoms with Crippen molar-refractivity contribution in [1.29, 1.82) is 0 Å². The molecule has 0 bridgehead atoms. The minimum absolute atomic E-state index is 0. The number of guanidine groups is 1. The number of benzene rings is 2. The lowest BCUT2D eigenvalue weighted by Crippen LogP contribution is -2.36. The fourth-order valence-corrected chi connectivity index (χ4v) is 3.64. The largest absolute Gasteiger partial charge is 0.352 e. The molecule has 7 heteroatoms. The molecule has 29 heavy (non-hydrogen) atoms. The van der Waals surface area contributed by atoms with Crippen LogP contribution in [-0.2, 0) is 19.6 Å². The van der Waals surface area contributed by atoms with Gasteiger partial charge in [-0.25, -0.2) is 4.98 Å². The fraction of sp³-hybridized carbons (Fsp3) is 0.273. The van der Waals surface area contributed by atoms with Gasteiger partial charge in [0.05, 0.1) is 6.33 Å². The molecule has 154 valence electrons. The van der Waals surface area contributed by atoms with Crippen molar-refractivity contribution < 1.29 is 0 Å². The van der Waals surface area contributed by atoms with E-state index in [0.717, 1.165) is 25.6 Å². The maximum atomic E-state index is 4.34. The zero-order valence-corrected chi connectivity index (χ0v) is 20.2. The zero-order valence-electron chi connectivity index (χ0n) is 17.1. The minimum Gasteiger partial charge on any atom is -0.352 e. The molecule has 0 spiro atoms. The van der Waals surface area contributed by atoms with E-state index in [0.29, 0.717) is 0 Å². The quantitative estimate of drug-likeness (QED) is 0.209. The summed E-state index contributed by atoms with van der Waals surface area (Å²) in [6.45, 7) is 4.44. The second-order valence-electron chi connectivity index (χ2n) is 6.65. The third-order valence-electron chi connectivity index (χ3n) is 4.52. The summed E-state index contributed by atoms with van der Waals surface area (Å²) < 4.78 is 2.06. The Kier molecular flexibility index (Phi) is 9.53. The van der Waals surface area contributed by atoms with Gasteiger partial charge >= 0.3 is 0 Å². The van der Waals surface area contributed by atoms with Crippen molar-refractivity contribution >= 4 is 41.7 Å². The van der Waals surface area contributed by atoms with E-state index in [4.69, 9.17) is 0 Å². The number of aryl methyl sites for hydroxylation is 1. The Labute approximate surface area is 194 Å². The number of aromatic nitrogens is 2. The Morgan fingerprint density at radius 3 is 2.45 bits per heavy atom. The normalized spacial score (nSPS) is 11.1. The molecule has 0 aliphatic carbocycles. The third-order valence-corrected chi connectivity index (χ3v) is 5.34. The van der Waals surface area contributed by atoms with Crippen molar-refractivity contribution in [1.82, 2.24) is 20.2 Å². The van der Waals surface area contributed by atoms with Crippen LogP contribution in [0.15, 0.2) is 71.1 Å². The van der Waals surface area contributed by atoms with Crippen molar-refractivity contribution in [3.63, 3.8) is 0 Å². The Bertz CT molecular complexity index is 907. The molecule has 0 aliphatic rings. The highest BCUT2D eigenvalue weighted by molar-refractivity contribution is 14.0. The van der Waals surface area contributed by atoms with Crippen molar-refractivity contribution in [2.75, 3.05) is 13.3 Å². The first kappa shape index (κ1) is 23.3. The summed E-state index contributed by atoms with van der Waals surface area (Å²) in [5.41, 5.74) is 5.04. The minimum atomic E-state index is 0. The van der Waals surface area contributed by atoms with Crippen LogP contribution in [0.4, 0.5) is 0 Å². The summed E-state index contributed by atoms with van der Waals surface area (Å²) >= 11 is 1.78. The van der Waals surface area contributed by atoms with E-state index in [9.17, 15) is 0 Å². The van der Waals surface area contributed by atoms with E-state index < -0.39 is 0 Å². The highest BCUT2D eigenvalue weighted by Gasteiger charge is 2.04. The Morgan fingerprint density at radius 1 is 1.07 bits per heavy atom. The molecule has 0 aliphatic heterocycles. The molecule has 2 N–H and O–H groups in total. The number of nitrogens with one attached hydrogen (secondary N) is 2. The smallest absolute Gasteiger partial charge is 0.191 e. The average molecular weight is 521 g/mol. The number of rotatable bonds is 7. The Balaban J connectivity index is 0.00000300. The first-order valence-corrected chi connectivity index (χ1v) is 10.5. The highest BCUT2D eigenvalue weighted by atomic mass is 127. The molecule has 0 fully saturated rings. The second-order valence-corrected chi connectivity index (χ2v) is 7.49. The molecule has 0 unspecified atom stereocenters. The van der Waals surface area contributed by atoms with Crippen LogP contribution < -0.4 is 10.6 Å². The lowest BCUT2D eigenvalue weighted by molar-refractivity contribution is 0.790. The summed E-state index contributed by atoms with van der Waals surface area (Å²) in [5, 5.41) is 6.79. The van der Waals surface area contributed by atoms with Crippen LogP contribution in [0, 0.1) is 6.92 Å². The SMILES string of the molecule is CN=C(NCc1ccc(Cn2ccnc2)cc1)NCc1ccc(C)cc1SC.I. The van der Waals surface area contributed by atoms with E-state index in [1.165, 1.54) is 27.1 Å². The van der Waals surface area contributed by atoms with E-state index >= 15 is 0 Å². The summed E-state index contributed by atoms with van der Waals surface area (Å²) in [7, 11) is 1.80. The van der Waals surface area contributed by atoms with Crippen LogP contribution in [0.5, 0.6) is 0 Å². The molecular formula is C22H28IN5S. The van der Waals surface area contributed by atoms with Gasteiger partial charge in [-0.2, -0.15) is 0 Å². The third kappa shape index (κ3) is 7.08. The van der Waals surface area contributed by atoms with Crippen LogP contribution in [0.1, 0.15) is 22.3 Å². The van der Waals surface area contributed by atoms with Gasteiger partial charge in [-0.1, -0.05) is 36.4 Å². The molecule has 1 aromatic heterocycles. The lowest BCUT2D eigenvalue weighted by Gasteiger charge is -2.14. The predicted octanol–water partition coefficient (Wildman–Crippen LogP) is 4.44. The van der Waals surface area contributed by atoms with E-state index in [2.05, 4.69) is 80.8 Å². The Morgan fingerprint density at radius 2 is 1.79 bits per heavy atom. The molecule has 3 aromatic rings. The van der Waals surface area contributed by atoms with E-state index in [-0.39, 0.29) is 24.0 Å². The summed E-state index contributed by atoms with van der Waals surface area (Å²) in [6.07, 6.45) is 7.72. The number of hydrogen-bond donors (Lipinski definition) is 2. The first-order valence-electron chi connectivity index (χ1n) is 9.29. The number of aliphatic imine (C=N–C) groups is 1. The molecule has 0 atom stereocenters. The maximum Gasteiger partial charge on any atom is 0.191 e. The lowest BCUT2D eigenvalue weighted by atomic mass is 10.1. The average Bonchev–Trinajstić information content (AvgIpc) is 3.23. The van der Waals surface area contributed by atoms with Crippen molar-refractivity contribution in [2.24, 2.45) is 4.99 Å². The van der Waals surface area contributed by atoms with Gasteiger partial charge < -0.3 is 15.2 Å². The zero-order chi connectivity index (χ0) is 19.8. The monoisotopic (exact) mass is 521 g/mol. The van der Waals surface area contributed by atoms with E-state index in [1.807, 2.05) is 12.5 Å². The highest BCUT2D eigenvalue weighted by Crippen LogP contribution is 2.21. The fourth-order valence-electron chi connectivity index (χ4n) is 2.94. The number of nitrogens with zero attached hydrogens (tertiary/aromatic N) is 3. The van der Waals surface area contributed by atoms with Gasteiger partial charge in [-0.05, 0) is 41.5 Å². The van der Waals surface area contributed by atoms with Crippen molar-refractivity contribution in [3.8, 4) is 0 Å². The Hall–Kier alpha value is -2.00. The second kappa shape index (κ2) is 11.9. The van der Waals surface area contributed by atoms with Gasteiger partial charge in [0.25, 0.3) is 0 Å². The number of halogens is 1. The van der Waals surface area contributed by atoms with Crippen molar-refractivity contribution in [3.05, 3.63) is 83.4 Å². The van der Waals surface area contributed by atoms with Crippen molar-refractivity contribution in [2.45, 2.75) is 31.5 Å². The van der Waals surface area contributed by atoms with Gasteiger partial charge in [-0.15, -0.1) is 35.7 Å². The molecule has 1 heterocycles. The number of thioether (sulfide) groups is 1. The van der Waals surface area contributed by atoms with Crippen LogP contribution in [0.25, 0.3) is 0 Å². The molecule has 3 rings (SSSR count). The van der Waals surface area contributed by atoms with Gasteiger partial charge in [0.2, 0.25) is 0 Å². The van der Waals surface area contributed by atoms with Crippen LogP contribution >= 0.6 is 35.7 Å². The number of imidazole rings is 1.